The van der Waals surface area contributed by atoms with Gasteiger partial charge in [-0.15, -0.1) is 0 Å². The van der Waals surface area contributed by atoms with Crippen molar-refractivity contribution in [1.82, 2.24) is 10.2 Å². The van der Waals surface area contributed by atoms with Crippen LogP contribution in [-0.2, 0) is 0 Å². The SMILES string of the molecule is CCC1CN(CC2(CC#N)CC2)C(CC)CN1. The minimum Gasteiger partial charge on any atom is -0.311 e. The van der Waals surface area contributed by atoms with Gasteiger partial charge in [0.1, 0.15) is 0 Å². The highest BCUT2D eigenvalue weighted by molar-refractivity contribution is 5.02. The van der Waals surface area contributed by atoms with Gasteiger partial charge in [0.25, 0.3) is 0 Å². The molecule has 2 aliphatic rings. The van der Waals surface area contributed by atoms with Crippen LogP contribution in [0, 0.1) is 16.7 Å². The van der Waals surface area contributed by atoms with Gasteiger partial charge < -0.3 is 5.32 Å². The number of rotatable bonds is 5. The van der Waals surface area contributed by atoms with Crippen LogP contribution in [-0.4, -0.2) is 36.6 Å². The molecule has 1 aliphatic heterocycles. The Morgan fingerprint density at radius 1 is 1.35 bits per heavy atom. The van der Waals surface area contributed by atoms with Crippen molar-refractivity contribution in [1.29, 1.82) is 5.26 Å². The molecule has 1 saturated carbocycles. The quantitative estimate of drug-likeness (QED) is 0.793. The molecule has 0 spiro atoms. The van der Waals surface area contributed by atoms with Crippen LogP contribution in [0.15, 0.2) is 0 Å². The Kier molecular flexibility index (Phi) is 4.06. The maximum atomic E-state index is 8.91. The number of nitriles is 1. The highest BCUT2D eigenvalue weighted by Gasteiger charge is 2.45. The predicted molar refractivity (Wildman–Crippen MR) is 69.6 cm³/mol. The van der Waals surface area contributed by atoms with E-state index in [4.69, 9.17) is 5.26 Å². The molecule has 1 saturated heterocycles. The third kappa shape index (κ3) is 3.00. The van der Waals surface area contributed by atoms with Gasteiger partial charge in [-0.3, -0.25) is 4.90 Å². The number of hydrogen-bond donors (Lipinski definition) is 1. The van der Waals surface area contributed by atoms with Crippen LogP contribution in [0.1, 0.15) is 46.0 Å². The Hall–Kier alpha value is -0.590. The molecule has 2 unspecified atom stereocenters. The van der Waals surface area contributed by atoms with Crippen molar-refractivity contribution in [3.8, 4) is 6.07 Å². The van der Waals surface area contributed by atoms with E-state index in [1.165, 1.54) is 32.2 Å². The summed E-state index contributed by atoms with van der Waals surface area (Å²) in [6.45, 7) is 7.97. The van der Waals surface area contributed by atoms with Crippen LogP contribution in [0.3, 0.4) is 0 Å². The molecule has 2 rings (SSSR count). The summed E-state index contributed by atoms with van der Waals surface area (Å²) in [5, 5.41) is 12.5. The van der Waals surface area contributed by atoms with Crippen LogP contribution < -0.4 is 5.32 Å². The zero-order valence-corrected chi connectivity index (χ0v) is 11.2. The van der Waals surface area contributed by atoms with Crippen molar-refractivity contribution in [2.24, 2.45) is 5.41 Å². The Morgan fingerprint density at radius 3 is 2.65 bits per heavy atom. The average molecular weight is 235 g/mol. The summed E-state index contributed by atoms with van der Waals surface area (Å²) < 4.78 is 0. The van der Waals surface area contributed by atoms with Crippen LogP contribution in [0.2, 0.25) is 0 Å². The molecule has 17 heavy (non-hydrogen) atoms. The smallest absolute Gasteiger partial charge is 0.0628 e. The van der Waals surface area contributed by atoms with Crippen LogP contribution in [0.4, 0.5) is 0 Å². The van der Waals surface area contributed by atoms with E-state index in [1.54, 1.807) is 0 Å². The van der Waals surface area contributed by atoms with E-state index in [9.17, 15) is 0 Å². The third-order valence-corrected chi connectivity index (χ3v) is 4.53. The lowest BCUT2D eigenvalue weighted by Crippen LogP contribution is -2.57. The predicted octanol–water partition coefficient (Wildman–Crippen LogP) is 2.14. The minimum absolute atomic E-state index is 0.359. The van der Waals surface area contributed by atoms with Gasteiger partial charge in [-0.1, -0.05) is 13.8 Å². The Labute approximate surface area is 105 Å². The van der Waals surface area contributed by atoms with E-state index < -0.39 is 0 Å². The molecule has 1 aliphatic carbocycles. The fraction of sp³-hybridized carbons (Fsp3) is 0.929. The van der Waals surface area contributed by atoms with Crippen molar-refractivity contribution in [2.45, 2.75) is 58.0 Å². The van der Waals surface area contributed by atoms with E-state index in [0.717, 1.165) is 19.5 Å². The summed E-state index contributed by atoms with van der Waals surface area (Å²) >= 11 is 0. The van der Waals surface area contributed by atoms with E-state index in [2.05, 4.69) is 30.1 Å². The molecule has 3 nitrogen and oxygen atoms in total. The number of piperazine rings is 1. The normalized spacial score (nSPS) is 32.1. The standard InChI is InChI=1S/C14H25N3/c1-3-12-10-17(13(4-2)9-16-12)11-14(5-6-14)7-8-15/h12-13,16H,3-7,9-11H2,1-2H3. The first-order chi connectivity index (χ1) is 8.23. The van der Waals surface area contributed by atoms with Crippen LogP contribution >= 0.6 is 0 Å². The largest absolute Gasteiger partial charge is 0.311 e. The lowest BCUT2D eigenvalue weighted by atomic mass is 9.98. The summed E-state index contributed by atoms with van der Waals surface area (Å²) in [6.07, 6.45) is 5.70. The summed E-state index contributed by atoms with van der Waals surface area (Å²) in [4.78, 5) is 2.65. The Morgan fingerprint density at radius 2 is 2.12 bits per heavy atom. The van der Waals surface area contributed by atoms with E-state index >= 15 is 0 Å². The van der Waals surface area contributed by atoms with Crippen molar-refractivity contribution < 1.29 is 0 Å². The highest BCUT2D eigenvalue weighted by atomic mass is 15.2. The van der Waals surface area contributed by atoms with Crippen molar-refractivity contribution >= 4 is 0 Å². The zero-order chi connectivity index (χ0) is 12.3. The molecule has 2 fully saturated rings. The molecule has 1 N–H and O–H groups in total. The Balaban J connectivity index is 1.94. The molecular weight excluding hydrogens is 210 g/mol. The summed E-state index contributed by atoms with van der Waals surface area (Å²) in [6, 6.07) is 3.70. The highest BCUT2D eigenvalue weighted by Crippen LogP contribution is 2.49. The fourth-order valence-corrected chi connectivity index (χ4v) is 2.96. The molecule has 96 valence electrons. The molecule has 0 bridgehead atoms. The molecule has 0 aromatic heterocycles. The second-order valence-corrected chi connectivity index (χ2v) is 5.84. The van der Waals surface area contributed by atoms with Gasteiger partial charge in [-0.2, -0.15) is 5.26 Å². The van der Waals surface area contributed by atoms with Gasteiger partial charge in [0.15, 0.2) is 0 Å². The summed E-state index contributed by atoms with van der Waals surface area (Å²) in [7, 11) is 0. The maximum Gasteiger partial charge on any atom is 0.0628 e. The van der Waals surface area contributed by atoms with Crippen molar-refractivity contribution in [2.75, 3.05) is 19.6 Å². The lowest BCUT2D eigenvalue weighted by Gasteiger charge is -2.41. The average Bonchev–Trinajstić information content (AvgIpc) is 3.09. The second-order valence-electron chi connectivity index (χ2n) is 5.84. The monoisotopic (exact) mass is 235 g/mol. The van der Waals surface area contributed by atoms with E-state index in [-0.39, 0.29) is 0 Å². The molecular formula is C14H25N3. The van der Waals surface area contributed by atoms with Gasteiger partial charge in [0.05, 0.1) is 6.07 Å². The number of hydrogen-bond acceptors (Lipinski definition) is 3. The van der Waals surface area contributed by atoms with E-state index in [1.807, 2.05) is 0 Å². The topological polar surface area (TPSA) is 39.1 Å². The second kappa shape index (κ2) is 5.37. The Bertz CT molecular complexity index is 290. The minimum atomic E-state index is 0.359. The van der Waals surface area contributed by atoms with Gasteiger partial charge in [0.2, 0.25) is 0 Å². The maximum absolute atomic E-state index is 8.91. The zero-order valence-electron chi connectivity index (χ0n) is 11.2. The lowest BCUT2D eigenvalue weighted by molar-refractivity contribution is 0.100. The molecule has 1 heterocycles. The molecule has 0 radical (unpaired) electrons. The molecule has 0 amide bonds. The van der Waals surface area contributed by atoms with Crippen LogP contribution in [0.5, 0.6) is 0 Å². The van der Waals surface area contributed by atoms with E-state index in [0.29, 0.717) is 17.5 Å². The number of nitrogens with one attached hydrogen (secondary N) is 1. The first-order valence-corrected chi connectivity index (χ1v) is 7.07. The first kappa shape index (κ1) is 12.9. The number of nitrogens with zero attached hydrogens (tertiary/aromatic N) is 2. The summed E-state index contributed by atoms with van der Waals surface area (Å²) in [5.74, 6) is 0. The van der Waals surface area contributed by atoms with Crippen molar-refractivity contribution in [3.05, 3.63) is 0 Å². The molecule has 2 atom stereocenters. The van der Waals surface area contributed by atoms with Gasteiger partial charge >= 0.3 is 0 Å². The van der Waals surface area contributed by atoms with Crippen molar-refractivity contribution in [3.63, 3.8) is 0 Å². The molecule has 0 aromatic carbocycles. The van der Waals surface area contributed by atoms with Gasteiger partial charge in [-0.05, 0) is 31.1 Å². The fourth-order valence-electron chi connectivity index (χ4n) is 2.96. The van der Waals surface area contributed by atoms with Crippen LogP contribution in [0.25, 0.3) is 0 Å². The third-order valence-electron chi connectivity index (χ3n) is 4.53. The van der Waals surface area contributed by atoms with Gasteiger partial charge in [0, 0.05) is 38.1 Å². The first-order valence-electron chi connectivity index (χ1n) is 7.07. The molecule has 0 aromatic rings. The summed E-state index contributed by atoms with van der Waals surface area (Å²) in [5.41, 5.74) is 0.359. The molecule has 3 heteroatoms. The van der Waals surface area contributed by atoms with Gasteiger partial charge in [-0.25, -0.2) is 0 Å².